The Morgan fingerprint density at radius 1 is 1.18 bits per heavy atom. The second kappa shape index (κ2) is 5.67. The van der Waals surface area contributed by atoms with Gasteiger partial charge in [-0.1, -0.05) is 6.07 Å². The topological polar surface area (TPSA) is 0 Å². The van der Waals surface area contributed by atoms with Crippen molar-refractivity contribution in [2.75, 3.05) is 5.88 Å². The van der Waals surface area contributed by atoms with Crippen molar-refractivity contribution < 1.29 is 22.0 Å². The molecule has 0 aliphatic heterocycles. The smallest absolute Gasteiger partial charge is 0.205 e. The van der Waals surface area contributed by atoms with Crippen molar-refractivity contribution in [3.05, 3.63) is 34.9 Å². The van der Waals surface area contributed by atoms with Crippen LogP contribution in [0.3, 0.4) is 0 Å². The van der Waals surface area contributed by atoms with Gasteiger partial charge in [-0.05, 0) is 30.5 Å². The van der Waals surface area contributed by atoms with E-state index in [9.17, 15) is 22.0 Å². The Balaban J connectivity index is 3.09. The van der Waals surface area contributed by atoms with Gasteiger partial charge in [-0.2, -0.15) is 13.2 Å². The third-order valence-electron chi connectivity index (χ3n) is 2.26. The summed E-state index contributed by atoms with van der Waals surface area (Å²) in [6.45, 7) is 0. The molecule has 0 saturated heterocycles. The van der Waals surface area contributed by atoms with Gasteiger partial charge in [-0.15, -0.1) is 11.6 Å². The fourth-order valence-corrected chi connectivity index (χ4v) is 1.61. The first-order chi connectivity index (χ1) is 7.86. The van der Waals surface area contributed by atoms with Gasteiger partial charge < -0.3 is 0 Å². The summed E-state index contributed by atoms with van der Waals surface area (Å²) in [5, 5.41) is 0. The molecule has 1 rings (SSSR count). The number of hydrogen-bond acceptors (Lipinski definition) is 0. The molecule has 0 nitrogen and oxygen atoms in total. The second-order valence-electron chi connectivity index (χ2n) is 3.51. The van der Waals surface area contributed by atoms with Gasteiger partial charge in [-0.3, -0.25) is 0 Å². The highest BCUT2D eigenvalue weighted by Gasteiger charge is 2.35. The van der Waals surface area contributed by atoms with Crippen molar-refractivity contribution in [3.63, 3.8) is 0 Å². The first-order valence-electron chi connectivity index (χ1n) is 4.90. The van der Waals surface area contributed by atoms with Crippen molar-refractivity contribution in [2.24, 2.45) is 0 Å². The van der Waals surface area contributed by atoms with Gasteiger partial charge in [0, 0.05) is 11.4 Å². The van der Waals surface area contributed by atoms with Crippen LogP contribution in [-0.4, -0.2) is 5.88 Å². The molecular formula is C11H10ClF5. The summed E-state index contributed by atoms with van der Waals surface area (Å²) in [6, 6.07) is 2.81. The Morgan fingerprint density at radius 2 is 1.82 bits per heavy atom. The van der Waals surface area contributed by atoms with Crippen LogP contribution in [-0.2, 0) is 12.6 Å². The Kier molecular flexibility index (Phi) is 4.74. The summed E-state index contributed by atoms with van der Waals surface area (Å²) in [5.74, 6) is 0.338. The summed E-state index contributed by atoms with van der Waals surface area (Å²) >= 11 is 5.43. The molecule has 0 radical (unpaired) electrons. The quantitative estimate of drug-likeness (QED) is 0.545. The Morgan fingerprint density at radius 3 is 2.29 bits per heavy atom. The maximum atomic E-state index is 12.5. The molecule has 6 heteroatoms. The molecule has 0 unspecified atom stereocenters. The third-order valence-corrected chi connectivity index (χ3v) is 2.52. The number of rotatable bonds is 4. The van der Waals surface area contributed by atoms with Crippen LogP contribution in [0.5, 0.6) is 0 Å². The zero-order chi connectivity index (χ0) is 13.1. The average Bonchev–Trinajstić information content (AvgIpc) is 2.24. The molecule has 1 aromatic rings. The highest BCUT2D eigenvalue weighted by Crippen LogP contribution is 2.36. The van der Waals surface area contributed by atoms with Crippen LogP contribution in [0.4, 0.5) is 22.0 Å². The fraction of sp³-hybridized carbons (Fsp3) is 0.455. The average molecular weight is 273 g/mol. The Hall–Kier alpha value is -0.840. The molecule has 0 aliphatic rings. The van der Waals surface area contributed by atoms with E-state index in [0.29, 0.717) is 30.4 Å². The summed E-state index contributed by atoms with van der Waals surface area (Å²) in [5.41, 5.74) is -1.80. The van der Waals surface area contributed by atoms with E-state index in [2.05, 4.69) is 0 Å². The van der Waals surface area contributed by atoms with Gasteiger partial charge in [0.2, 0.25) is 0 Å². The molecule has 0 amide bonds. The molecular weight excluding hydrogens is 263 g/mol. The summed E-state index contributed by atoms with van der Waals surface area (Å²) in [6.07, 6.45) is -6.96. The molecule has 0 aliphatic carbocycles. The lowest BCUT2D eigenvalue weighted by molar-refractivity contribution is -0.139. The SMILES string of the molecule is FC(F)c1cc(CCCCl)ccc1C(F)(F)F. The van der Waals surface area contributed by atoms with E-state index < -0.39 is 23.7 Å². The van der Waals surface area contributed by atoms with E-state index in [1.807, 2.05) is 0 Å². The third kappa shape index (κ3) is 3.84. The molecule has 0 atom stereocenters. The predicted octanol–water partition coefficient (Wildman–Crippen LogP) is 4.81. The van der Waals surface area contributed by atoms with Gasteiger partial charge in [0.25, 0.3) is 6.43 Å². The highest BCUT2D eigenvalue weighted by molar-refractivity contribution is 6.17. The molecule has 0 aromatic heterocycles. The van der Waals surface area contributed by atoms with Gasteiger partial charge in [0.15, 0.2) is 0 Å². The van der Waals surface area contributed by atoms with Crippen molar-refractivity contribution >= 4 is 11.6 Å². The summed E-state index contributed by atoms with van der Waals surface area (Å²) in [7, 11) is 0. The zero-order valence-corrected chi connectivity index (χ0v) is 9.45. The van der Waals surface area contributed by atoms with E-state index in [4.69, 9.17) is 11.6 Å². The maximum Gasteiger partial charge on any atom is 0.416 e. The molecule has 0 fully saturated rings. The first-order valence-corrected chi connectivity index (χ1v) is 5.44. The molecule has 17 heavy (non-hydrogen) atoms. The van der Waals surface area contributed by atoms with E-state index >= 15 is 0 Å². The van der Waals surface area contributed by atoms with Crippen molar-refractivity contribution in [3.8, 4) is 0 Å². The zero-order valence-electron chi connectivity index (χ0n) is 8.70. The van der Waals surface area contributed by atoms with Gasteiger partial charge in [0.1, 0.15) is 0 Å². The van der Waals surface area contributed by atoms with Crippen LogP contribution in [0.1, 0.15) is 29.5 Å². The summed E-state index contributed by atoms with van der Waals surface area (Å²) < 4.78 is 62.4. The second-order valence-corrected chi connectivity index (χ2v) is 3.89. The van der Waals surface area contributed by atoms with Crippen LogP contribution >= 0.6 is 11.6 Å². The first kappa shape index (κ1) is 14.2. The number of benzene rings is 1. The highest BCUT2D eigenvalue weighted by atomic mass is 35.5. The van der Waals surface area contributed by atoms with Crippen molar-refractivity contribution in [2.45, 2.75) is 25.4 Å². The van der Waals surface area contributed by atoms with E-state index in [1.165, 1.54) is 6.07 Å². The van der Waals surface area contributed by atoms with Crippen LogP contribution in [0, 0.1) is 0 Å². The molecule has 0 bridgehead atoms. The number of halogens is 6. The lowest BCUT2D eigenvalue weighted by atomic mass is 10.0. The van der Waals surface area contributed by atoms with Crippen molar-refractivity contribution in [1.82, 2.24) is 0 Å². The molecule has 0 N–H and O–H groups in total. The van der Waals surface area contributed by atoms with Crippen molar-refractivity contribution in [1.29, 1.82) is 0 Å². The Labute approximate surface area is 100 Å². The molecule has 0 saturated carbocycles. The minimum Gasteiger partial charge on any atom is -0.205 e. The maximum absolute atomic E-state index is 12.5. The number of aryl methyl sites for hydroxylation is 1. The van der Waals surface area contributed by atoms with Crippen LogP contribution in [0.2, 0.25) is 0 Å². The standard InChI is InChI=1S/C11H10ClF5/c12-5-1-2-7-3-4-9(11(15,16)17)8(6-7)10(13)14/h3-4,6,10H,1-2,5H2. The lowest BCUT2D eigenvalue weighted by Gasteiger charge is -2.13. The minimum absolute atomic E-state index is 0.338. The molecule has 1 aromatic carbocycles. The van der Waals surface area contributed by atoms with Crippen LogP contribution in [0.25, 0.3) is 0 Å². The van der Waals surface area contributed by atoms with Crippen LogP contribution in [0.15, 0.2) is 18.2 Å². The van der Waals surface area contributed by atoms with Gasteiger partial charge >= 0.3 is 6.18 Å². The van der Waals surface area contributed by atoms with Gasteiger partial charge in [0.05, 0.1) is 5.56 Å². The van der Waals surface area contributed by atoms with Crippen LogP contribution < -0.4 is 0 Å². The van der Waals surface area contributed by atoms with E-state index in [1.54, 1.807) is 0 Å². The number of hydrogen-bond donors (Lipinski definition) is 0. The monoisotopic (exact) mass is 272 g/mol. The Bertz CT molecular complexity index is 373. The summed E-state index contributed by atoms with van der Waals surface area (Å²) in [4.78, 5) is 0. The van der Waals surface area contributed by atoms with E-state index in [0.717, 1.165) is 6.07 Å². The minimum atomic E-state index is -4.75. The van der Waals surface area contributed by atoms with Gasteiger partial charge in [-0.25, -0.2) is 8.78 Å². The predicted molar refractivity (Wildman–Crippen MR) is 55.4 cm³/mol. The molecule has 0 spiro atoms. The number of alkyl halides is 6. The normalized spacial score (nSPS) is 12.2. The largest absolute Gasteiger partial charge is 0.416 e. The molecule has 0 heterocycles. The molecule has 96 valence electrons. The van der Waals surface area contributed by atoms with E-state index in [-0.39, 0.29) is 0 Å². The lowest BCUT2D eigenvalue weighted by Crippen LogP contribution is -2.10. The fourth-order valence-electron chi connectivity index (χ4n) is 1.48.